The number of carbonyl (C=O) groups excluding carboxylic acids is 2. The number of hydrogen-bond acceptors (Lipinski definition) is 7. The van der Waals surface area contributed by atoms with Gasteiger partial charge in [-0.1, -0.05) is 50.6 Å². The zero-order valence-electron chi connectivity index (χ0n) is 27.5. The van der Waals surface area contributed by atoms with Gasteiger partial charge in [0.1, 0.15) is 11.6 Å². The maximum absolute atomic E-state index is 13.3. The summed E-state index contributed by atoms with van der Waals surface area (Å²) >= 11 is 0. The highest BCUT2D eigenvalue weighted by Crippen LogP contribution is 2.47. The van der Waals surface area contributed by atoms with Gasteiger partial charge >= 0.3 is 5.97 Å². The van der Waals surface area contributed by atoms with Crippen molar-refractivity contribution < 1.29 is 32.3 Å². The standard InChI is InChI=1S/C34H44N4O7S/c1-21-8-10-23(11-9-21)27-26(29(39)35-5)25-20-24(22-12-13-22)28(36-30(25)45-27)38(46(6,43)44)17-7-14-34(32(41)42)15-18-37(19-16-34)31(40)33(2,3)4/h8-11,20,22H,7,12-19H2,1-6H3,(H,35,39)(H,41,42). The maximum atomic E-state index is 13.3. The van der Waals surface area contributed by atoms with Crippen LogP contribution in [-0.2, 0) is 19.6 Å². The number of nitrogens with zero attached hydrogens (tertiary/aromatic N) is 3. The van der Waals surface area contributed by atoms with E-state index < -0.39 is 26.8 Å². The molecule has 2 amide bonds. The van der Waals surface area contributed by atoms with Crippen molar-refractivity contribution in [2.24, 2.45) is 10.8 Å². The summed E-state index contributed by atoms with van der Waals surface area (Å²) in [5.41, 5.74) is 1.36. The fraction of sp³-hybridized carbons (Fsp3) is 0.529. The van der Waals surface area contributed by atoms with Gasteiger partial charge in [-0.15, -0.1) is 0 Å². The van der Waals surface area contributed by atoms with Crippen molar-refractivity contribution in [2.45, 2.75) is 72.1 Å². The Morgan fingerprint density at radius 2 is 1.76 bits per heavy atom. The summed E-state index contributed by atoms with van der Waals surface area (Å²) < 4.78 is 34.0. The fourth-order valence-electron chi connectivity index (χ4n) is 6.36. The fourth-order valence-corrected chi connectivity index (χ4v) is 7.28. The number of likely N-dealkylation sites (tertiary alicyclic amines) is 1. The molecule has 2 N–H and O–H groups in total. The predicted octanol–water partition coefficient (Wildman–Crippen LogP) is 5.33. The zero-order chi connectivity index (χ0) is 33.6. The van der Waals surface area contributed by atoms with Gasteiger partial charge in [0, 0.05) is 37.7 Å². The molecular weight excluding hydrogens is 608 g/mol. The van der Waals surface area contributed by atoms with Crippen molar-refractivity contribution in [3.05, 3.63) is 47.0 Å². The number of anilines is 1. The first kappa shape index (κ1) is 33.4. The first-order valence-electron chi connectivity index (χ1n) is 15.8. The van der Waals surface area contributed by atoms with Crippen molar-refractivity contribution in [2.75, 3.05) is 37.2 Å². The molecule has 1 saturated heterocycles. The lowest BCUT2D eigenvalue weighted by molar-refractivity contribution is -0.156. The number of carbonyl (C=O) groups is 3. The van der Waals surface area contributed by atoms with Crippen LogP contribution in [0.2, 0.25) is 0 Å². The molecule has 1 aromatic carbocycles. The van der Waals surface area contributed by atoms with E-state index in [0.29, 0.717) is 48.2 Å². The number of hydrogen-bond donors (Lipinski definition) is 2. The molecule has 1 saturated carbocycles. The Kier molecular flexibility index (Phi) is 8.98. The summed E-state index contributed by atoms with van der Waals surface area (Å²) in [6, 6.07) is 9.41. The SMILES string of the molecule is CNC(=O)c1c(-c2ccc(C)cc2)oc2nc(N(CCCC3(C(=O)O)CCN(C(=O)C(C)(C)C)CC3)S(C)(=O)=O)c(C3CC3)cc12. The number of carboxylic acid groups (broad SMARTS) is 1. The molecule has 3 heterocycles. The highest BCUT2D eigenvalue weighted by Gasteiger charge is 2.43. The molecule has 1 aliphatic carbocycles. The third-order valence-corrected chi connectivity index (χ3v) is 10.4. The first-order valence-corrected chi connectivity index (χ1v) is 17.7. The Morgan fingerprint density at radius 1 is 1.13 bits per heavy atom. The number of furan rings is 1. The molecule has 11 nitrogen and oxygen atoms in total. The van der Waals surface area contributed by atoms with Crippen LogP contribution in [0, 0.1) is 17.8 Å². The van der Waals surface area contributed by atoms with E-state index >= 15 is 0 Å². The van der Waals surface area contributed by atoms with Gasteiger partial charge in [-0.2, -0.15) is 4.98 Å². The number of amides is 2. The van der Waals surface area contributed by atoms with Gasteiger partial charge in [0.05, 0.1) is 22.6 Å². The van der Waals surface area contributed by atoms with E-state index in [1.54, 1.807) is 11.9 Å². The van der Waals surface area contributed by atoms with Gasteiger partial charge in [-0.25, -0.2) is 8.42 Å². The molecule has 2 aliphatic rings. The lowest BCUT2D eigenvalue weighted by Gasteiger charge is -2.41. The first-order chi connectivity index (χ1) is 21.6. The maximum Gasteiger partial charge on any atom is 0.309 e. The molecule has 5 rings (SSSR count). The van der Waals surface area contributed by atoms with Gasteiger partial charge in [-0.05, 0) is 63.0 Å². The van der Waals surface area contributed by atoms with Crippen molar-refractivity contribution in [1.82, 2.24) is 15.2 Å². The van der Waals surface area contributed by atoms with E-state index in [1.807, 2.05) is 58.0 Å². The minimum atomic E-state index is -3.83. The highest BCUT2D eigenvalue weighted by atomic mass is 32.2. The summed E-state index contributed by atoms with van der Waals surface area (Å²) in [5.74, 6) is -0.583. The summed E-state index contributed by atoms with van der Waals surface area (Å²) in [5, 5.41) is 13.5. The molecule has 0 unspecified atom stereocenters. The number of rotatable bonds is 10. The number of piperidine rings is 1. The van der Waals surface area contributed by atoms with E-state index in [4.69, 9.17) is 9.40 Å². The van der Waals surface area contributed by atoms with Crippen molar-refractivity contribution in [3.63, 3.8) is 0 Å². The van der Waals surface area contributed by atoms with E-state index in [1.165, 1.54) is 4.31 Å². The second-order valence-electron chi connectivity index (χ2n) is 13.8. The number of fused-ring (bicyclic) bond motifs is 1. The monoisotopic (exact) mass is 652 g/mol. The van der Waals surface area contributed by atoms with E-state index in [2.05, 4.69) is 5.32 Å². The lowest BCUT2D eigenvalue weighted by Crippen LogP contribution is -2.49. The average molecular weight is 653 g/mol. The van der Waals surface area contributed by atoms with Crippen molar-refractivity contribution in [1.29, 1.82) is 0 Å². The van der Waals surface area contributed by atoms with Crippen molar-refractivity contribution >= 4 is 44.7 Å². The van der Waals surface area contributed by atoms with Crippen LogP contribution < -0.4 is 9.62 Å². The second kappa shape index (κ2) is 12.4. The lowest BCUT2D eigenvalue weighted by atomic mass is 9.74. The van der Waals surface area contributed by atoms with Gasteiger partial charge in [0.2, 0.25) is 21.6 Å². The van der Waals surface area contributed by atoms with Crippen LogP contribution in [0.1, 0.15) is 86.7 Å². The number of aromatic nitrogens is 1. The summed E-state index contributed by atoms with van der Waals surface area (Å²) in [6.45, 7) is 8.23. The number of sulfonamides is 1. The molecule has 1 aliphatic heterocycles. The Balaban J connectivity index is 1.47. The molecule has 0 spiro atoms. The predicted molar refractivity (Wildman–Crippen MR) is 176 cm³/mol. The zero-order valence-corrected chi connectivity index (χ0v) is 28.3. The minimum absolute atomic E-state index is 0.00755. The Morgan fingerprint density at radius 3 is 2.28 bits per heavy atom. The molecule has 2 aromatic heterocycles. The summed E-state index contributed by atoms with van der Waals surface area (Å²) in [4.78, 5) is 45.0. The van der Waals surface area contributed by atoms with Gasteiger partial charge in [-0.3, -0.25) is 18.7 Å². The smallest absolute Gasteiger partial charge is 0.309 e. The highest BCUT2D eigenvalue weighted by molar-refractivity contribution is 7.92. The van der Waals surface area contributed by atoms with Crippen LogP contribution in [0.25, 0.3) is 22.4 Å². The van der Waals surface area contributed by atoms with Crippen LogP contribution in [0.15, 0.2) is 34.7 Å². The third-order valence-electron chi connectivity index (χ3n) is 9.23. The number of aliphatic carboxylic acids is 1. The molecule has 2 fully saturated rings. The Hall–Kier alpha value is -3.93. The Labute approximate surface area is 270 Å². The molecular formula is C34H44N4O7S. The molecule has 248 valence electrons. The van der Waals surface area contributed by atoms with Crippen LogP contribution in [0.5, 0.6) is 0 Å². The second-order valence-corrected chi connectivity index (χ2v) is 15.8. The van der Waals surface area contributed by atoms with Crippen LogP contribution >= 0.6 is 0 Å². The molecule has 0 atom stereocenters. The van der Waals surface area contributed by atoms with Crippen LogP contribution in [-0.4, -0.2) is 74.1 Å². The van der Waals surface area contributed by atoms with E-state index in [0.717, 1.165) is 30.2 Å². The van der Waals surface area contributed by atoms with Crippen molar-refractivity contribution in [3.8, 4) is 11.3 Å². The quantitative estimate of drug-likeness (QED) is 0.299. The topological polar surface area (TPSA) is 150 Å². The molecule has 12 heteroatoms. The molecule has 3 aromatic rings. The molecule has 0 radical (unpaired) electrons. The minimum Gasteiger partial charge on any atom is -0.481 e. The van der Waals surface area contributed by atoms with Crippen LogP contribution in [0.4, 0.5) is 5.82 Å². The van der Waals surface area contributed by atoms with Crippen LogP contribution in [0.3, 0.4) is 0 Å². The van der Waals surface area contributed by atoms with Gasteiger partial charge in [0.25, 0.3) is 5.91 Å². The molecule has 46 heavy (non-hydrogen) atoms. The summed E-state index contributed by atoms with van der Waals surface area (Å²) in [6.07, 6.45) is 3.99. The molecule has 0 bridgehead atoms. The Bertz CT molecular complexity index is 1760. The van der Waals surface area contributed by atoms with E-state index in [-0.39, 0.29) is 48.7 Å². The number of aryl methyl sites for hydroxylation is 1. The van der Waals surface area contributed by atoms with E-state index in [9.17, 15) is 27.9 Å². The number of pyridine rings is 1. The third kappa shape index (κ3) is 6.63. The summed E-state index contributed by atoms with van der Waals surface area (Å²) in [7, 11) is -2.28. The number of benzene rings is 1. The number of carboxylic acids is 1. The van der Waals surface area contributed by atoms with Gasteiger partial charge < -0.3 is 19.7 Å². The average Bonchev–Trinajstić information content (AvgIpc) is 3.78. The largest absolute Gasteiger partial charge is 0.481 e. The van der Waals surface area contributed by atoms with Gasteiger partial charge in [0.15, 0.2) is 0 Å². The normalized spacial score (nSPS) is 16.8. The number of nitrogens with one attached hydrogen (secondary N) is 1.